The van der Waals surface area contributed by atoms with Gasteiger partial charge in [-0.15, -0.1) is 0 Å². The predicted molar refractivity (Wildman–Crippen MR) is 74.3 cm³/mol. The van der Waals surface area contributed by atoms with Gasteiger partial charge in [-0.05, 0) is 36.3 Å². The molecular weight excluding hydrogens is 208 g/mol. The Morgan fingerprint density at radius 1 is 1.18 bits per heavy atom. The summed E-state index contributed by atoms with van der Waals surface area (Å²) < 4.78 is 0. The Morgan fingerprint density at radius 2 is 1.88 bits per heavy atom. The first kappa shape index (κ1) is 14.1. The Bertz CT molecular complexity index is 319. The summed E-state index contributed by atoms with van der Waals surface area (Å²) in [6.07, 6.45) is 6.07. The maximum atomic E-state index is 9.79. The van der Waals surface area contributed by atoms with Gasteiger partial charge in [0.25, 0.3) is 0 Å². The monoisotopic (exact) mass is 234 g/mol. The molecular formula is C16H26O. The number of benzene rings is 1. The summed E-state index contributed by atoms with van der Waals surface area (Å²) in [5, 5.41) is 9.79. The first-order valence-corrected chi connectivity index (χ1v) is 6.94. The molecule has 0 aromatic heterocycles. The largest absolute Gasteiger partial charge is 0.508 e. The van der Waals surface area contributed by atoms with E-state index in [4.69, 9.17) is 0 Å². The molecule has 1 heteroatoms. The van der Waals surface area contributed by atoms with Crippen molar-refractivity contribution in [3.05, 3.63) is 29.8 Å². The van der Waals surface area contributed by atoms with Crippen LogP contribution >= 0.6 is 0 Å². The number of aromatic hydroxyl groups is 1. The number of rotatable bonds is 7. The third-order valence-corrected chi connectivity index (χ3v) is 3.59. The molecule has 1 nitrogen and oxygen atoms in total. The Balaban J connectivity index is 2.55. The molecule has 1 N–H and O–H groups in total. The van der Waals surface area contributed by atoms with E-state index in [1.165, 1.54) is 25.7 Å². The van der Waals surface area contributed by atoms with Gasteiger partial charge in [-0.3, -0.25) is 0 Å². The molecule has 1 rings (SSSR count). The van der Waals surface area contributed by atoms with E-state index in [0.29, 0.717) is 11.7 Å². The van der Waals surface area contributed by atoms with Crippen LogP contribution in [-0.4, -0.2) is 5.11 Å². The first-order valence-electron chi connectivity index (χ1n) is 6.94. The Kier molecular flexibility index (Phi) is 6.10. The molecule has 0 heterocycles. The molecule has 0 saturated carbocycles. The Morgan fingerprint density at radius 3 is 2.47 bits per heavy atom. The highest BCUT2D eigenvalue weighted by atomic mass is 16.3. The molecule has 0 aliphatic rings. The van der Waals surface area contributed by atoms with Crippen molar-refractivity contribution < 1.29 is 5.11 Å². The van der Waals surface area contributed by atoms with E-state index in [1.54, 1.807) is 6.07 Å². The molecule has 1 aromatic rings. The first-order chi connectivity index (χ1) is 8.17. The molecule has 2 atom stereocenters. The normalized spacial score (nSPS) is 14.5. The van der Waals surface area contributed by atoms with Crippen molar-refractivity contribution >= 4 is 0 Å². The maximum Gasteiger partial charge on any atom is 0.118 e. The van der Waals surface area contributed by atoms with Gasteiger partial charge >= 0.3 is 0 Å². The molecule has 0 bridgehead atoms. The quantitative estimate of drug-likeness (QED) is 0.719. The highest BCUT2D eigenvalue weighted by molar-refractivity contribution is 5.32. The third kappa shape index (κ3) is 4.80. The van der Waals surface area contributed by atoms with Crippen molar-refractivity contribution in [2.24, 2.45) is 11.8 Å². The van der Waals surface area contributed by atoms with E-state index in [1.807, 2.05) is 18.2 Å². The number of para-hydroxylation sites is 1. The van der Waals surface area contributed by atoms with Crippen molar-refractivity contribution in [2.75, 3.05) is 0 Å². The second-order valence-electron chi connectivity index (χ2n) is 5.24. The maximum absolute atomic E-state index is 9.79. The molecule has 1 aromatic carbocycles. The number of hydrogen-bond donors (Lipinski definition) is 1. The van der Waals surface area contributed by atoms with Crippen molar-refractivity contribution in [2.45, 2.75) is 52.9 Å². The molecule has 0 aliphatic carbocycles. The van der Waals surface area contributed by atoms with Crippen LogP contribution in [0.2, 0.25) is 0 Å². The lowest BCUT2D eigenvalue weighted by molar-refractivity contribution is 0.356. The molecule has 0 saturated heterocycles. The minimum atomic E-state index is 0.453. The van der Waals surface area contributed by atoms with Crippen LogP contribution in [0.4, 0.5) is 0 Å². The van der Waals surface area contributed by atoms with Crippen LogP contribution in [0, 0.1) is 11.8 Å². The smallest absolute Gasteiger partial charge is 0.118 e. The summed E-state index contributed by atoms with van der Waals surface area (Å²) in [5.74, 6) is 1.95. The molecule has 17 heavy (non-hydrogen) atoms. The average Bonchev–Trinajstić information content (AvgIpc) is 2.31. The van der Waals surface area contributed by atoms with E-state index < -0.39 is 0 Å². The highest BCUT2D eigenvalue weighted by Crippen LogP contribution is 2.26. The summed E-state index contributed by atoms with van der Waals surface area (Å²) in [7, 11) is 0. The minimum absolute atomic E-state index is 0.453. The summed E-state index contributed by atoms with van der Waals surface area (Å²) in [6, 6.07) is 7.73. The zero-order valence-electron chi connectivity index (χ0n) is 11.4. The fraction of sp³-hybridized carbons (Fsp3) is 0.625. The van der Waals surface area contributed by atoms with Crippen molar-refractivity contribution in [1.82, 2.24) is 0 Å². The topological polar surface area (TPSA) is 20.2 Å². The summed E-state index contributed by atoms with van der Waals surface area (Å²) >= 11 is 0. The predicted octanol–water partition coefficient (Wildman–Crippen LogP) is 4.79. The lowest BCUT2D eigenvalue weighted by Crippen LogP contribution is -2.09. The average molecular weight is 234 g/mol. The fourth-order valence-corrected chi connectivity index (χ4v) is 2.57. The molecule has 0 amide bonds. The van der Waals surface area contributed by atoms with E-state index in [9.17, 15) is 5.11 Å². The van der Waals surface area contributed by atoms with E-state index >= 15 is 0 Å². The van der Waals surface area contributed by atoms with Crippen LogP contribution in [-0.2, 0) is 6.42 Å². The van der Waals surface area contributed by atoms with Gasteiger partial charge in [0.05, 0.1) is 0 Å². The van der Waals surface area contributed by atoms with Gasteiger partial charge in [0, 0.05) is 0 Å². The van der Waals surface area contributed by atoms with Gasteiger partial charge in [-0.1, -0.05) is 58.2 Å². The van der Waals surface area contributed by atoms with Gasteiger partial charge < -0.3 is 5.11 Å². The van der Waals surface area contributed by atoms with Gasteiger partial charge in [-0.2, -0.15) is 0 Å². The SMILES string of the molecule is CCCC(C)CC(CC)Cc1ccccc1O. The molecule has 0 fully saturated rings. The van der Waals surface area contributed by atoms with Crippen molar-refractivity contribution in [3.8, 4) is 5.75 Å². The lowest BCUT2D eigenvalue weighted by Gasteiger charge is -2.19. The van der Waals surface area contributed by atoms with Gasteiger partial charge in [0.2, 0.25) is 0 Å². The van der Waals surface area contributed by atoms with Gasteiger partial charge in [0.1, 0.15) is 5.75 Å². The van der Waals surface area contributed by atoms with Crippen LogP contribution in [0.3, 0.4) is 0 Å². The van der Waals surface area contributed by atoms with Crippen LogP contribution in [0.25, 0.3) is 0 Å². The number of hydrogen-bond acceptors (Lipinski definition) is 1. The Hall–Kier alpha value is -0.980. The van der Waals surface area contributed by atoms with Crippen molar-refractivity contribution in [1.29, 1.82) is 0 Å². The van der Waals surface area contributed by atoms with Crippen LogP contribution < -0.4 is 0 Å². The molecule has 96 valence electrons. The van der Waals surface area contributed by atoms with Crippen LogP contribution in [0.15, 0.2) is 24.3 Å². The standard InChI is InChI=1S/C16H26O/c1-4-8-13(3)11-14(5-2)12-15-9-6-7-10-16(15)17/h6-7,9-10,13-14,17H,4-5,8,11-12H2,1-3H3. The minimum Gasteiger partial charge on any atom is -0.508 e. The second kappa shape index (κ2) is 7.37. The second-order valence-corrected chi connectivity index (χ2v) is 5.24. The molecule has 0 spiro atoms. The fourth-order valence-electron chi connectivity index (χ4n) is 2.57. The van der Waals surface area contributed by atoms with Crippen LogP contribution in [0.1, 0.15) is 52.0 Å². The van der Waals surface area contributed by atoms with Crippen LogP contribution in [0.5, 0.6) is 5.75 Å². The molecule has 2 unspecified atom stereocenters. The highest BCUT2D eigenvalue weighted by Gasteiger charge is 2.13. The Labute approximate surface area is 106 Å². The lowest BCUT2D eigenvalue weighted by atomic mass is 9.86. The van der Waals surface area contributed by atoms with E-state index in [0.717, 1.165) is 17.9 Å². The molecule has 0 aliphatic heterocycles. The third-order valence-electron chi connectivity index (χ3n) is 3.59. The zero-order valence-corrected chi connectivity index (χ0v) is 11.4. The summed E-state index contributed by atoms with van der Waals surface area (Å²) in [5.41, 5.74) is 1.10. The number of phenols is 1. The van der Waals surface area contributed by atoms with Gasteiger partial charge in [0.15, 0.2) is 0 Å². The van der Waals surface area contributed by atoms with E-state index in [2.05, 4.69) is 20.8 Å². The van der Waals surface area contributed by atoms with Gasteiger partial charge in [-0.25, -0.2) is 0 Å². The van der Waals surface area contributed by atoms with E-state index in [-0.39, 0.29) is 0 Å². The summed E-state index contributed by atoms with van der Waals surface area (Å²) in [6.45, 7) is 6.85. The number of phenolic OH excluding ortho intramolecular Hbond substituents is 1. The zero-order chi connectivity index (χ0) is 12.7. The van der Waals surface area contributed by atoms with Crippen molar-refractivity contribution in [3.63, 3.8) is 0 Å². The molecule has 0 radical (unpaired) electrons. The summed E-state index contributed by atoms with van der Waals surface area (Å²) in [4.78, 5) is 0.